The van der Waals surface area contributed by atoms with Crippen LogP contribution >= 0.6 is 0 Å². The van der Waals surface area contributed by atoms with Crippen LogP contribution in [0.2, 0.25) is 0 Å². The Balaban J connectivity index is 2.43. The summed E-state index contributed by atoms with van der Waals surface area (Å²) in [6.07, 6.45) is 1.79. The summed E-state index contributed by atoms with van der Waals surface area (Å²) in [5, 5.41) is 0. The quantitative estimate of drug-likeness (QED) is 0.856. The van der Waals surface area contributed by atoms with Crippen molar-refractivity contribution in [2.75, 3.05) is 27.3 Å². The summed E-state index contributed by atoms with van der Waals surface area (Å²) in [7, 11) is -0.529. The van der Waals surface area contributed by atoms with Gasteiger partial charge in [0.1, 0.15) is 16.4 Å². The number of sulfonamides is 1. The molecule has 0 bridgehead atoms. The van der Waals surface area contributed by atoms with Gasteiger partial charge in [-0.1, -0.05) is 6.92 Å². The molecule has 1 aromatic rings. The normalized spacial score (nSPS) is 17.7. The molecule has 0 aromatic heterocycles. The van der Waals surface area contributed by atoms with Crippen LogP contribution in [0.1, 0.15) is 25.3 Å². The van der Waals surface area contributed by atoms with E-state index in [1.54, 1.807) is 16.4 Å². The van der Waals surface area contributed by atoms with E-state index < -0.39 is 10.0 Å². The van der Waals surface area contributed by atoms with Crippen LogP contribution in [0.5, 0.6) is 11.5 Å². The van der Waals surface area contributed by atoms with Crippen molar-refractivity contribution in [2.45, 2.75) is 31.6 Å². The summed E-state index contributed by atoms with van der Waals surface area (Å²) < 4.78 is 37.7. The Morgan fingerprint density at radius 3 is 2.19 bits per heavy atom. The van der Waals surface area contributed by atoms with Gasteiger partial charge >= 0.3 is 0 Å². The van der Waals surface area contributed by atoms with Crippen LogP contribution in [0, 0.1) is 12.8 Å². The second-order valence-corrected chi connectivity index (χ2v) is 7.47. The highest BCUT2D eigenvalue weighted by atomic mass is 32.2. The van der Waals surface area contributed by atoms with Crippen LogP contribution in [-0.2, 0) is 10.0 Å². The van der Waals surface area contributed by atoms with E-state index in [4.69, 9.17) is 9.47 Å². The van der Waals surface area contributed by atoms with Crippen LogP contribution in [0.25, 0.3) is 0 Å². The number of ether oxygens (including phenoxy) is 2. The Bertz CT molecular complexity index is 604. The number of hydrogen-bond acceptors (Lipinski definition) is 4. The molecule has 1 heterocycles. The monoisotopic (exact) mass is 313 g/mol. The van der Waals surface area contributed by atoms with Gasteiger partial charge in [0.05, 0.1) is 14.2 Å². The Kier molecular flexibility index (Phi) is 4.78. The van der Waals surface area contributed by atoms with Gasteiger partial charge in [0, 0.05) is 19.2 Å². The van der Waals surface area contributed by atoms with Crippen molar-refractivity contribution in [3.63, 3.8) is 0 Å². The molecular formula is C15H23NO4S. The molecule has 6 heteroatoms. The highest BCUT2D eigenvalue weighted by molar-refractivity contribution is 7.89. The van der Waals surface area contributed by atoms with Crippen molar-refractivity contribution in [2.24, 2.45) is 5.92 Å². The number of nitrogens with zero attached hydrogens (tertiary/aromatic N) is 1. The number of piperidine rings is 1. The largest absolute Gasteiger partial charge is 0.496 e. The minimum atomic E-state index is -3.55. The molecule has 0 unspecified atom stereocenters. The SMILES string of the molecule is COc1cc(S(=O)(=O)N2CCC(C)CC2)c(OC)cc1C. The Morgan fingerprint density at radius 1 is 1.10 bits per heavy atom. The highest BCUT2D eigenvalue weighted by Gasteiger charge is 2.31. The zero-order chi connectivity index (χ0) is 15.6. The molecule has 0 radical (unpaired) electrons. The molecule has 21 heavy (non-hydrogen) atoms. The molecule has 0 aliphatic carbocycles. The fraction of sp³-hybridized carbons (Fsp3) is 0.600. The lowest BCUT2D eigenvalue weighted by atomic mass is 10.0. The van der Waals surface area contributed by atoms with E-state index in [2.05, 4.69) is 6.92 Å². The second kappa shape index (κ2) is 6.23. The standard InChI is InChI=1S/C15H23NO4S/c1-11-5-7-16(8-6-11)21(17,18)15-10-13(19-3)12(2)9-14(15)20-4/h9-11H,5-8H2,1-4H3. The highest BCUT2D eigenvalue weighted by Crippen LogP contribution is 2.34. The van der Waals surface area contributed by atoms with E-state index in [0.717, 1.165) is 18.4 Å². The second-order valence-electron chi connectivity index (χ2n) is 5.56. The zero-order valence-electron chi connectivity index (χ0n) is 13.0. The van der Waals surface area contributed by atoms with Gasteiger partial charge in [-0.05, 0) is 37.3 Å². The molecule has 0 saturated carbocycles. The third-order valence-electron chi connectivity index (χ3n) is 4.04. The molecule has 0 N–H and O–H groups in total. The van der Waals surface area contributed by atoms with E-state index in [1.807, 2.05) is 6.92 Å². The zero-order valence-corrected chi connectivity index (χ0v) is 13.9. The summed E-state index contributed by atoms with van der Waals surface area (Å²) in [5.41, 5.74) is 0.848. The van der Waals surface area contributed by atoms with Crippen molar-refractivity contribution < 1.29 is 17.9 Å². The lowest BCUT2D eigenvalue weighted by Crippen LogP contribution is -2.38. The van der Waals surface area contributed by atoms with Gasteiger partial charge in [-0.15, -0.1) is 0 Å². The van der Waals surface area contributed by atoms with E-state index in [9.17, 15) is 8.42 Å². The van der Waals surface area contributed by atoms with Crippen LogP contribution in [0.4, 0.5) is 0 Å². The Hall–Kier alpha value is -1.27. The van der Waals surface area contributed by atoms with E-state index >= 15 is 0 Å². The van der Waals surface area contributed by atoms with Gasteiger partial charge in [-0.2, -0.15) is 4.31 Å². The third kappa shape index (κ3) is 3.16. The lowest BCUT2D eigenvalue weighted by Gasteiger charge is -2.30. The van der Waals surface area contributed by atoms with E-state index in [1.165, 1.54) is 14.2 Å². The maximum Gasteiger partial charge on any atom is 0.246 e. The molecule has 0 amide bonds. The van der Waals surface area contributed by atoms with Crippen LogP contribution in [0.15, 0.2) is 17.0 Å². The lowest BCUT2D eigenvalue weighted by molar-refractivity contribution is 0.286. The predicted octanol–water partition coefficient (Wildman–Crippen LogP) is 2.43. The summed E-state index contributed by atoms with van der Waals surface area (Å²) in [5.74, 6) is 1.50. The first kappa shape index (κ1) is 16.1. The smallest absolute Gasteiger partial charge is 0.246 e. The number of methoxy groups -OCH3 is 2. The molecule has 1 saturated heterocycles. The Morgan fingerprint density at radius 2 is 1.67 bits per heavy atom. The van der Waals surface area contributed by atoms with Gasteiger partial charge in [0.15, 0.2) is 0 Å². The molecule has 0 spiro atoms. The maximum atomic E-state index is 12.8. The van der Waals surface area contributed by atoms with Crippen molar-refractivity contribution in [3.8, 4) is 11.5 Å². The molecular weight excluding hydrogens is 290 g/mol. The fourth-order valence-electron chi connectivity index (χ4n) is 2.59. The maximum absolute atomic E-state index is 12.8. The topological polar surface area (TPSA) is 55.8 Å². The molecule has 1 fully saturated rings. The molecule has 1 aliphatic rings. The first-order chi connectivity index (χ1) is 9.90. The number of aryl methyl sites for hydroxylation is 1. The average molecular weight is 313 g/mol. The minimum absolute atomic E-state index is 0.182. The third-order valence-corrected chi connectivity index (χ3v) is 5.96. The van der Waals surface area contributed by atoms with Gasteiger partial charge in [-0.3, -0.25) is 0 Å². The predicted molar refractivity (Wildman–Crippen MR) is 81.4 cm³/mol. The van der Waals surface area contributed by atoms with Gasteiger partial charge in [-0.25, -0.2) is 8.42 Å². The molecule has 1 aliphatic heterocycles. The molecule has 118 valence electrons. The number of hydrogen-bond donors (Lipinski definition) is 0. The van der Waals surface area contributed by atoms with Crippen molar-refractivity contribution in [1.82, 2.24) is 4.31 Å². The summed E-state index contributed by atoms with van der Waals surface area (Å²) in [6.45, 7) is 5.13. The van der Waals surface area contributed by atoms with Gasteiger partial charge < -0.3 is 9.47 Å². The molecule has 1 aromatic carbocycles. The van der Waals surface area contributed by atoms with E-state index in [0.29, 0.717) is 30.5 Å². The first-order valence-electron chi connectivity index (χ1n) is 7.13. The summed E-state index contributed by atoms with van der Waals surface area (Å²) >= 11 is 0. The molecule has 0 atom stereocenters. The van der Waals surface area contributed by atoms with E-state index in [-0.39, 0.29) is 4.90 Å². The van der Waals surface area contributed by atoms with Crippen molar-refractivity contribution in [3.05, 3.63) is 17.7 Å². The van der Waals surface area contributed by atoms with Crippen LogP contribution in [-0.4, -0.2) is 40.0 Å². The first-order valence-corrected chi connectivity index (χ1v) is 8.57. The minimum Gasteiger partial charge on any atom is -0.496 e. The summed E-state index contributed by atoms with van der Waals surface area (Å²) in [4.78, 5) is 0.182. The van der Waals surface area contributed by atoms with Crippen LogP contribution in [0.3, 0.4) is 0 Å². The number of rotatable bonds is 4. The van der Waals surface area contributed by atoms with Crippen molar-refractivity contribution >= 4 is 10.0 Å². The van der Waals surface area contributed by atoms with Crippen molar-refractivity contribution in [1.29, 1.82) is 0 Å². The fourth-order valence-corrected chi connectivity index (χ4v) is 4.21. The van der Waals surface area contributed by atoms with Gasteiger partial charge in [0.2, 0.25) is 10.0 Å². The average Bonchev–Trinajstić information content (AvgIpc) is 2.47. The Labute approximate surface area is 126 Å². The molecule has 5 nitrogen and oxygen atoms in total. The van der Waals surface area contributed by atoms with Crippen LogP contribution < -0.4 is 9.47 Å². The molecule has 2 rings (SSSR count). The van der Waals surface area contributed by atoms with Gasteiger partial charge in [0.25, 0.3) is 0 Å². The summed E-state index contributed by atoms with van der Waals surface area (Å²) in [6, 6.07) is 3.26. The number of benzene rings is 1.